The first kappa shape index (κ1) is 47.7. The number of thiophene rings is 2. The van der Waals surface area contributed by atoms with Gasteiger partial charge in [-0.2, -0.15) is 0 Å². The molecule has 0 radical (unpaired) electrons. The van der Waals surface area contributed by atoms with E-state index in [-0.39, 0.29) is 36.0 Å². The molecule has 2 aliphatic carbocycles. The second-order valence-corrected chi connectivity index (χ2v) is 21.0. The van der Waals surface area contributed by atoms with Crippen molar-refractivity contribution in [3.05, 3.63) is 70.4 Å². The lowest BCUT2D eigenvalue weighted by Gasteiger charge is -2.41. The first-order valence-corrected chi connectivity index (χ1v) is 25.2. The molecule has 0 spiro atoms. The van der Waals surface area contributed by atoms with Gasteiger partial charge in [-0.25, -0.2) is 14.8 Å². The van der Waals surface area contributed by atoms with Crippen LogP contribution in [-0.4, -0.2) is 114 Å². The predicted octanol–water partition coefficient (Wildman–Crippen LogP) is 9.26. The van der Waals surface area contributed by atoms with Gasteiger partial charge in [0.2, 0.25) is 0 Å². The maximum Gasteiger partial charge on any atom is 0.407 e. The Morgan fingerprint density at radius 1 is 0.725 bits per heavy atom. The standard InChI is InChI=1S/C28H35N5O4S.C23H27N5O2S/c1-8-33-21(12-16-9-10-38-26(16)33)24-30-20-11-17(13-22(36-7)23(20)32(24)6)25(34)31(5)19-14-18(15-19)29-27(35)37-28(2,3)4;1-5-28-18(9-13-6-7-31-23(13)28)21-25-17-8-14(10-19(30-4)20(17)27(21)3)22(29)26(2)16-11-15(24)12-16/h9-13,18-19H,8,14-15H2,1-7H3,(H,29,35);6-10,15-16H,5,11-12,24H2,1-4H3. The van der Waals surface area contributed by atoms with E-state index in [1.54, 1.807) is 59.8 Å². The molecule has 18 heteroatoms. The third kappa shape index (κ3) is 8.71. The number of ether oxygens (including phenoxy) is 3. The number of nitrogens with one attached hydrogen (secondary N) is 1. The molecule has 2 aromatic carbocycles. The second-order valence-electron chi connectivity index (χ2n) is 19.2. The Labute approximate surface area is 409 Å². The van der Waals surface area contributed by atoms with Crippen molar-refractivity contribution >= 4 is 83.1 Å². The van der Waals surface area contributed by atoms with E-state index in [1.807, 2.05) is 64.7 Å². The maximum absolute atomic E-state index is 13.5. The minimum absolute atomic E-state index is 0.00935. The van der Waals surface area contributed by atoms with E-state index < -0.39 is 11.7 Å². The van der Waals surface area contributed by atoms with Crippen LogP contribution in [0.15, 0.2) is 59.3 Å². The third-order valence-corrected chi connectivity index (χ3v) is 15.5. The maximum atomic E-state index is 13.5. The number of methoxy groups -OCH3 is 2. The smallest absolute Gasteiger partial charge is 0.407 e. The zero-order valence-corrected chi connectivity index (χ0v) is 42.9. The van der Waals surface area contributed by atoms with E-state index in [1.165, 1.54) is 20.4 Å². The lowest BCUT2D eigenvalue weighted by molar-refractivity contribution is 0.0398. The van der Waals surface area contributed by atoms with Gasteiger partial charge in [-0.1, -0.05) is 0 Å². The van der Waals surface area contributed by atoms with E-state index in [2.05, 4.69) is 67.9 Å². The quantitative estimate of drug-likeness (QED) is 0.128. The number of fused-ring (bicyclic) bond motifs is 4. The zero-order valence-electron chi connectivity index (χ0n) is 41.2. The van der Waals surface area contributed by atoms with Gasteiger partial charge in [-0.15, -0.1) is 22.7 Å². The van der Waals surface area contributed by atoms with E-state index in [4.69, 9.17) is 29.9 Å². The van der Waals surface area contributed by atoms with E-state index >= 15 is 0 Å². The van der Waals surface area contributed by atoms with Crippen LogP contribution in [0.4, 0.5) is 4.79 Å². The number of hydrogen-bond acceptors (Lipinski definition) is 11. The number of rotatable bonds is 11. The molecule has 69 heavy (non-hydrogen) atoms. The van der Waals surface area contributed by atoms with Gasteiger partial charge in [-0.05, 0) is 120 Å². The highest BCUT2D eigenvalue weighted by molar-refractivity contribution is 7.17. The summed E-state index contributed by atoms with van der Waals surface area (Å²) in [6.45, 7) is 11.5. The number of alkyl carbamates (subject to hydrolysis) is 1. The highest BCUT2D eigenvalue weighted by atomic mass is 32.1. The van der Waals surface area contributed by atoms with Crippen LogP contribution in [-0.2, 0) is 31.9 Å². The Morgan fingerprint density at radius 3 is 1.55 bits per heavy atom. The van der Waals surface area contributed by atoms with Crippen LogP contribution >= 0.6 is 22.7 Å². The van der Waals surface area contributed by atoms with Crippen molar-refractivity contribution < 1.29 is 28.6 Å². The molecule has 2 saturated carbocycles. The molecule has 0 bridgehead atoms. The van der Waals surface area contributed by atoms with Crippen LogP contribution in [0.5, 0.6) is 11.5 Å². The predicted molar refractivity (Wildman–Crippen MR) is 275 cm³/mol. The van der Waals surface area contributed by atoms with Crippen molar-refractivity contribution in [2.45, 2.75) is 103 Å². The normalized spacial score (nSPS) is 17.9. The van der Waals surface area contributed by atoms with Gasteiger partial charge in [-0.3, -0.25) is 9.59 Å². The molecule has 2 fully saturated rings. The molecule has 0 unspecified atom stereocenters. The fourth-order valence-electron chi connectivity index (χ4n) is 9.77. The molecule has 0 aliphatic heterocycles. The number of carbonyl (C=O) groups is 3. The first-order chi connectivity index (χ1) is 32.9. The Morgan fingerprint density at radius 2 is 1.16 bits per heavy atom. The highest BCUT2D eigenvalue weighted by Gasteiger charge is 2.37. The van der Waals surface area contributed by atoms with Crippen LogP contribution in [0, 0.1) is 0 Å². The minimum Gasteiger partial charge on any atom is -0.494 e. The molecular weight excluding hydrogens is 913 g/mol. The molecule has 2 aliphatic rings. The van der Waals surface area contributed by atoms with Crippen molar-refractivity contribution in [3.63, 3.8) is 0 Å². The minimum atomic E-state index is -0.543. The fraction of sp³-hybridized carbons (Fsp3) is 0.431. The molecule has 0 atom stereocenters. The summed E-state index contributed by atoms with van der Waals surface area (Å²) >= 11 is 3.46. The van der Waals surface area contributed by atoms with Gasteiger partial charge < -0.3 is 53.3 Å². The van der Waals surface area contributed by atoms with Crippen molar-refractivity contribution in [2.24, 2.45) is 19.8 Å². The van der Waals surface area contributed by atoms with E-state index in [0.29, 0.717) is 41.0 Å². The number of benzene rings is 2. The number of aryl methyl sites for hydroxylation is 4. The molecule has 10 rings (SSSR count). The average Bonchev–Trinajstić information content (AvgIpc) is 4.16. The Bertz CT molecular complexity index is 3240. The summed E-state index contributed by atoms with van der Waals surface area (Å²) < 4.78 is 25.4. The van der Waals surface area contributed by atoms with Gasteiger partial charge in [0.15, 0.2) is 11.6 Å². The van der Waals surface area contributed by atoms with Gasteiger partial charge in [0.05, 0.1) is 36.6 Å². The average molecular weight is 975 g/mol. The highest BCUT2D eigenvalue weighted by Crippen LogP contribution is 2.38. The largest absolute Gasteiger partial charge is 0.494 e. The van der Waals surface area contributed by atoms with Crippen LogP contribution in [0.1, 0.15) is 81.0 Å². The number of nitrogens with zero attached hydrogens (tertiary/aromatic N) is 8. The third-order valence-electron chi connectivity index (χ3n) is 13.6. The van der Waals surface area contributed by atoms with Crippen molar-refractivity contribution in [1.29, 1.82) is 0 Å². The lowest BCUT2D eigenvalue weighted by Crippen LogP contribution is -2.54. The molecule has 8 aromatic rings. The van der Waals surface area contributed by atoms with Crippen LogP contribution < -0.4 is 20.5 Å². The summed E-state index contributed by atoms with van der Waals surface area (Å²) in [7, 11) is 10.9. The van der Waals surface area contributed by atoms with E-state index in [9.17, 15) is 14.4 Å². The Hall–Kier alpha value is -6.37. The van der Waals surface area contributed by atoms with Crippen molar-refractivity contribution in [1.82, 2.24) is 43.4 Å². The zero-order chi connectivity index (χ0) is 49.2. The summed E-state index contributed by atoms with van der Waals surface area (Å²) in [6.07, 6.45) is 2.63. The fourth-order valence-corrected chi connectivity index (χ4v) is 11.7. The Balaban J connectivity index is 0.000000175. The molecule has 0 saturated heterocycles. The summed E-state index contributed by atoms with van der Waals surface area (Å²) in [5.41, 5.74) is 11.8. The van der Waals surface area contributed by atoms with Gasteiger partial charge in [0.25, 0.3) is 11.8 Å². The topological polar surface area (TPSA) is 169 Å². The number of amides is 3. The number of nitrogens with two attached hydrogens (primary N) is 1. The molecule has 6 aromatic heterocycles. The monoisotopic (exact) mass is 974 g/mol. The Kier molecular flexibility index (Phi) is 12.8. The number of carbonyl (C=O) groups excluding carboxylic acids is 3. The van der Waals surface area contributed by atoms with Crippen LogP contribution in [0.3, 0.4) is 0 Å². The number of aromatic nitrogens is 6. The molecule has 16 nitrogen and oxygen atoms in total. The summed E-state index contributed by atoms with van der Waals surface area (Å²) in [5, 5.41) is 9.52. The molecule has 364 valence electrons. The second kappa shape index (κ2) is 18.5. The first-order valence-electron chi connectivity index (χ1n) is 23.5. The van der Waals surface area contributed by atoms with Crippen LogP contribution in [0.2, 0.25) is 0 Å². The molecule has 6 heterocycles. The van der Waals surface area contributed by atoms with Gasteiger partial charge in [0.1, 0.15) is 37.8 Å². The summed E-state index contributed by atoms with van der Waals surface area (Å²) in [4.78, 5) is 54.6. The number of imidazole rings is 2. The SMILES string of the molecule is CCn1c(-c2nc3cc(C(=O)N(C)C4CC(N)C4)cc(OC)c3n2C)cc2ccsc21.CCn1c(-c2nc3cc(C(=O)N(C)C4CC(NC(=O)OC(C)(C)C)C4)cc(OC)c3n2C)cc2ccsc21. The van der Waals surface area contributed by atoms with Gasteiger partial charge >= 0.3 is 6.09 Å². The molecular formula is C51H62N10O6S2. The van der Waals surface area contributed by atoms with Gasteiger partial charge in [0, 0.05) is 87.3 Å². The van der Waals surface area contributed by atoms with Crippen LogP contribution in [0.25, 0.3) is 65.5 Å². The number of hydrogen-bond donors (Lipinski definition) is 2. The van der Waals surface area contributed by atoms with E-state index in [0.717, 1.165) is 65.5 Å². The molecule has 3 amide bonds. The summed E-state index contributed by atoms with van der Waals surface area (Å²) in [5.74, 6) is 2.82. The summed E-state index contributed by atoms with van der Waals surface area (Å²) in [6, 6.07) is 16.4. The molecule has 3 N–H and O–H groups in total. The van der Waals surface area contributed by atoms with Crippen molar-refractivity contribution in [3.8, 4) is 34.5 Å². The van der Waals surface area contributed by atoms with Crippen molar-refractivity contribution in [2.75, 3.05) is 28.3 Å². The lowest BCUT2D eigenvalue weighted by atomic mass is 9.85.